The molecule has 0 aliphatic heterocycles. The molecule has 0 aromatic heterocycles. The molecule has 0 heterocycles. The Morgan fingerprint density at radius 3 is 2.30 bits per heavy atom. The first-order valence-electron chi connectivity index (χ1n) is 8.91. The molecule has 2 aromatic carbocycles. The molecular formula is C21H24N2O4. The maximum absolute atomic E-state index is 12.4. The van der Waals surface area contributed by atoms with E-state index in [0.717, 1.165) is 12.0 Å². The lowest BCUT2D eigenvalue weighted by Crippen LogP contribution is -2.16. The van der Waals surface area contributed by atoms with Gasteiger partial charge in [-0.2, -0.15) is 0 Å². The number of rotatable bonds is 8. The van der Waals surface area contributed by atoms with Crippen molar-refractivity contribution in [2.45, 2.75) is 33.1 Å². The standard InChI is InChI=1S/C21H24N2O4/c1-4-16(17-8-6-15(3)7-9-17)14-20(21(24)27-5-2)22-18-10-12-19(13-11-18)23(25)26/h6-14,16,22H,4-5H2,1-3H3/b20-14-/t16-/m0/s1. The molecule has 0 aliphatic rings. The zero-order valence-electron chi connectivity index (χ0n) is 15.8. The van der Waals surface area contributed by atoms with Crippen LogP contribution in [-0.2, 0) is 9.53 Å². The average molecular weight is 368 g/mol. The van der Waals surface area contributed by atoms with Gasteiger partial charge in [0.1, 0.15) is 5.70 Å². The molecular weight excluding hydrogens is 344 g/mol. The summed E-state index contributed by atoms with van der Waals surface area (Å²) in [5, 5.41) is 13.8. The third-order valence-corrected chi connectivity index (χ3v) is 4.17. The summed E-state index contributed by atoms with van der Waals surface area (Å²) in [6, 6.07) is 14.1. The molecule has 1 atom stereocenters. The van der Waals surface area contributed by atoms with Crippen LogP contribution in [0.5, 0.6) is 0 Å². The molecule has 0 bridgehead atoms. The summed E-state index contributed by atoms with van der Waals surface area (Å²) >= 11 is 0. The van der Waals surface area contributed by atoms with E-state index >= 15 is 0 Å². The lowest BCUT2D eigenvalue weighted by molar-refractivity contribution is -0.384. The molecule has 0 spiro atoms. The second-order valence-electron chi connectivity index (χ2n) is 6.16. The number of aryl methyl sites for hydroxylation is 1. The number of non-ortho nitro benzene ring substituents is 1. The van der Waals surface area contributed by atoms with Gasteiger partial charge < -0.3 is 10.1 Å². The van der Waals surface area contributed by atoms with Crippen LogP contribution < -0.4 is 5.32 Å². The van der Waals surface area contributed by atoms with Crippen molar-refractivity contribution in [2.75, 3.05) is 11.9 Å². The number of nitro benzene ring substituents is 1. The van der Waals surface area contributed by atoms with Gasteiger partial charge in [-0.15, -0.1) is 0 Å². The van der Waals surface area contributed by atoms with Crippen molar-refractivity contribution in [2.24, 2.45) is 0 Å². The highest BCUT2D eigenvalue weighted by atomic mass is 16.6. The topological polar surface area (TPSA) is 81.5 Å². The van der Waals surface area contributed by atoms with Crippen molar-refractivity contribution in [1.29, 1.82) is 0 Å². The predicted octanol–water partition coefficient (Wildman–Crippen LogP) is 4.96. The van der Waals surface area contributed by atoms with Gasteiger partial charge in [0.05, 0.1) is 11.5 Å². The van der Waals surface area contributed by atoms with Crippen molar-refractivity contribution < 1.29 is 14.5 Å². The first kappa shape index (κ1) is 20.2. The number of anilines is 1. The summed E-state index contributed by atoms with van der Waals surface area (Å²) in [5.74, 6) is -0.419. The van der Waals surface area contributed by atoms with Crippen LogP contribution in [0.2, 0.25) is 0 Å². The van der Waals surface area contributed by atoms with Gasteiger partial charge in [0, 0.05) is 23.7 Å². The second kappa shape index (κ2) is 9.52. The van der Waals surface area contributed by atoms with E-state index in [1.807, 2.05) is 25.1 Å². The van der Waals surface area contributed by atoms with Crippen LogP contribution in [0.1, 0.15) is 37.3 Å². The highest BCUT2D eigenvalue weighted by Crippen LogP contribution is 2.25. The maximum Gasteiger partial charge on any atom is 0.354 e. The summed E-state index contributed by atoms with van der Waals surface area (Å²) < 4.78 is 5.16. The molecule has 0 radical (unpaired) electrons. The van der Waals surface area contributed by atoms with Crippen molar-refractivity contribution in [3.05, 3.63) is 81.5 Å². The van der Waals surface area contributed by atoms with Crippen molar-refractivity contribution in [3.63, 3.8) is 0 Å². The van der Waals surface area contributed by atoms with E-state index in [-0.39, 0.29) is 18.2 Å². The molecule has 0 unspecified atom stereocenters. The van der Waals surface area contributed by atoms with Gasteiger partial charge >= 0.3 is 5.97 Å². The fourth-order valence-corrected chi connectivity index (χ4v) is 2.66. The highest BCUT2D eigenvalue weighted by molar-refractivity contribution is 5.92. The molecule has 0 saturated carbocycles. The fourth-order valence-electron chi connectivity index (χ4n) is 2.66. The number of nitrogens with one attached hydrogen (secondary N) is 1. The Morgan fingerprint density at radius 1 is 1.15 bits per heavy atom. The number of esters is 1. The Hall–Kier alpha value is -3.15. The van der Waals surface area contributed by atoms with E-state index in [1.54, 1.807) is 19.1 Å². The Kier molecular flexibility index (Phi) is 7.11. The summed E-state index contributed by atoms with van der Waals surface area (Å²) in [6.07, 6.45) is 2.66. The minimum atomic E-state index is -0.462. The van der Waals surface area contributed by atoms with Crippen molar-refractivity contribution in [3.8, 4) is 0 Å². The van der Waals surface area contributed by atoms with Gasteiger partial charge in [-0.25, -0.2) is 4.79 Å². The molecule has 1 N–H and O–H groups in total. The largest absolute Gasteiger partial charge is 0.461 e. The first-order valence-corrected chi connectivity index (χ1v) is 8.91. The van der Waals surface area contributed by atoms with E-state index in [0.29, 0.717) is 11.4 Å². The fraction of sp³-hybridized carbons (Fsp3) is 0.286. The minimum absolute atomic E-state index is 0.00620. The number of hydrogen-bond acceptors (Lipinski definition) is 5. The Bertz CT molecular complexity index is 811. The number of benzene rings is 2. The molecule has 0 fully saturated rings. The molecule has 27 heavy (non-hydrogen) atoms. The zero-order valence-corrected chi connectivity index (χ0v) is 15.8. The van der Waals surface area contributed by atoms with Crippen LogP contribution in [0.25, 0.3) is 0 Å². The quantitative estimate of drug-likeness (QED) is 0.308. The molecule has 0 aliphatic carbocycles. The molecule has 0 saturated heterocycles. The van der Waals surface area contributed by atoms with Gasteiger partial charge in [-0.1, -0.05) is 36.8 Å². The van der Waals surface area contributed by atoms with E-state index in [9.17, 15) is 14.9 Å². The number of carbonyl (C=O) groups is 1. The Balaban J connectivity index is 2.31. The summed E-state index contributed by atoms with van der Waals surface area (Å²) in [7, 11) is 0. The van der Waals surface area contributed by atoms with Crippen LogP contribution in [-0.4, -0.2) is 17.5 Å². The Labute approximate surface area is 159 Å². The van der Waals surface area contributed by atoms with Crippen molar-refractivity contribution in [1.82, 2.24) is 0 Å². The van der Waals surface area contributed by atoms with Gasteiger partial charge in [-0.05, 0) is 44.0 Å². The van der Waals surface area contributed by atoms with Gasteiger partial charge in [0.25, 0.3) is 5.69 Å². The van der Waals surface area contributed by atoms with Gasteiger partial charge in [-0.3, -0.25) is 10.1 Å². The van der Waals surface area contributed by atoms with E-state index in [4.69, 9.17) is 4.74 Å². The number of allylic oxidation sites excluding steroid dienone is 1. The van der Waals surface area contributed by atoms with E-state index in [1.165, 1.54) is 17.7 Å². The SMILES string of the molecule is CCOC(=O)/C(=C/[C@H](CC)c1ccc(C)cc1)Nc1ccc([N+](=O)[O-])cc1. The van der Waals surface area contributed by atoms with Gasteiger partial charge in [0.2, 0.25) is 0 Å². The summed E-state index contributed by atoms with van der Waals surface area (Å²) in [6.45, 7) is 6.09. The number of ether oxygens (including phenoxy) is 1. The summed E-state index contributed by atoms with van der Waals surface area (Å²) in [5.41, 5.74) is 3.17. The summed E-state index contributed by atoms with van der Waals surface area (Å²) in [4.78, 5) is 22.7. The first-order chi connectivity index (χ1) is 12.9. The second-order valence-corrected chi connectivity index (χ2v) is 6.16. The lowest BCUT2D eigenvalue weighted by Gasteiger charge is -2.16. The van der Waals surface area contributed by atoms with Gasteiger partial charge in [0.15, 0.2) is 0 Å². The average Bonchev–Trinajstić information content (AvgIpc) is 2.66. The molecule has 6 nitrogen and oxygen atoms in total. The predicted molar refractivity (Wildman–Crippen MR) is 106 cm³/mol. The number of carbonyl (C=O) groups excluding carboxylic acids is 1. The number of nitrogens with zero attached hydrogens (tertiary/aromatic N) is 1. The molecule has 6 heteroatoms. The smallest absolute Gasteiger partial charge is 0.354 e. The number of hydrogen-bond donors (Lipinski definition) is 1. The Morgan fingerprint density at radius 2 is 1.78 bits per heavy atom. The maximum atomic E-state index is 12.4. The zero-order chi connectivity index (χ0) is 19.8. The normalized spacial score (nSPS) is 12.3. The van der Waals surface area contributed by atoms with Crippen LogP contribution in [0.3, 0.4) is 0 Å². The minimum Gasteiger partial charge on any atom is -0.461 e. The van der Waals surface area contributed by atoms with Crippen LogP contribution in [0.4, 0.5) is 11.4 Å². The van der Waals surface area contributed by atoms with Crippen molar-refractivity contribution >= 4 is 17.3 Å². The van der Waals surface area contributed by atoms with Crippen LogP contribution in [0, 0.1) is 17.0 Å². The van der Waals surface area contributed by atoms with Crippen LogP contribution >= 0.6 is 0 Å². The van der Waals surface area contributed by atoms with E-state index in [2.05, 4.69) is 24.4 Å². The highest BCUT2D eigenvalue weighted by Gasteiger charge is 2.16. The molecule has 142 valence electrons. The van der Waals surface area contributed by atoms with Crippen LogP contribution in [0.15, 0.2) is 60.3 Å². The molecule has 0 amide bonds. The number of nitro groups is 1. The monoisotopic (exact) mass is 368 g/mol. The molecule has 2 aromatic rings. The molecule has 2 rings (SSSR count). The lowest BCUT2D eigenvalue weighted by atomic mass is 9.94. The third kappa shape index (κ3) is 5.67. The third-order valence-electron chi connectivity index (χ3n) is 4.17. The van der Waals surface area contributed by atoms with E-state index < -0.39 is 10.9 Å².